The van der Waals surface area contributed by atoms with E-state index in [9.17, 15) is 13.2 Å². The fourth-order valence-electron chi connectivity index (χ4n) is 3.61. The molecular formula is C23H21NO3S2. The summed E-state index contributed by atoms with van der Waals surface area (Å²) in [4.78, 5) is 14.1. The molecule has 148 valence electrons. The molecule has 0 aliphatic carbocycles. The second-order valence-electron chi connectivity index (χ2n) is 6.95. The van der Waals surface area contributed by atoms with E-state index in [-0.39, 0.29) is 17.2 Å². The highest BCUT2D eigenvalue weighted by atomic mass is 32.2. The van der Waals surface area contributed by atoms with Crippen molar-refractivity contribution in [3.05, 3.63) is 96.6 Å². The third-order valence-electron chi connectivity index (χ3n) is 5.06. The maximum absolute atomic E-state index is 13.5. The highest BCUT2D eigenvalue weighted by Gasteiger charge is 2.44. The van der Waals surface area contributed by atoms with Crippen LogP contribution in [0, 0.1) is 0 Å². The number of nitrogens with one attached hydrogen (secondary N) is 1. The number of sulfone groups is 1. The average molecular weight is 424 g/mol. The molecule has 1 fully saturated rings. The van der Waals surface area contributed by atoms with Gasteiger partial charge < -0.3 is 5.32 Å². The second kappa shape index (κ2) is 8.43. The fraction of sp³-hybridized carbons (Fsp3) is 0.174. The van der Waals surface area contributed by atoms with Crippen LogP contribution in [0.2, 0.25) is 0 Å². The second-order valence-corrected chi connectivity index (χ2v) is 10.4. The number of piperidine rings is 1. The number of hydrogen-bond acceptors (Lipinski definition) is 4. The number of rotatable bonds is 5. The number of benzene rings is 3. The lowest BCUT2D eigenvalue weighted by Gasteiger charge is -2.36. The van der Waals surface area contributed by atoms with Crippen molar-refractivity contribution >= 4 is 27.5 Å². The average Bonchev–Trinajstić information content (AvgIpc) is 2.77. The quantitative estimate of drug-likeness (QED) is 0.666. The van der Waals surface area contributed by atoms with Crippen LogP contribution in [0.5, 0.6) is 0 Å². The summed E-state index contributed by atoms with van der Waals surface area (Å²) in [7, 11) is -3.64. The monoisotopic (exact) mass is 423 g/mol. The van der Waals surface area contributed by atoms with Crippen LogP contribution in [0.25, 0.3) is 0 Å². The van der Waals surface area contributed by atoms with Gasteiger partial charge in [-0.1, -0.05) is 66.7 Å². The van der Waals surface area contributed by atoms with E-state index >= 15 is 0 Å². The van der Waals surface area contributed by atoms with Crippen molar-refractivity contribution in [1.29, 1.82) is 0 Å². The molecule has 0 saturated carbocycles. The first kappa shape index (κ1) is 19.7. The number of amides is 1. The summed E-state index contributed by atoms with van der Waals surface area (Å²) in [5.74, 6) is -0.132. The van der Waals surface area contributed by atoms with Crippen molar-refractivity contribution in [3.8, 4) is 0 Å². The minimum Gasteiger partial charge on any atom is -0.347 e. The Balaban J connectivity index is 1.71. The molecule has 1 N–H and O–H groups in total. The van der Waals surface area contributed by atoms with Crippen LogP contribution in [0.15, 0.2) is 101 Å². The first-order valence-electron chi connectivity index (χ1n) is 9.42. The highest BCUT2D eigenvalue weighted by molar-refractivity contribution is 8.00. The molecule has 1 saturated heterocycles. The Hall–Kier alpha value is -2.57. The number of carbonyl (C=O) groups is 1. The van der Waals surface area contributed by atoms with Crippen molar-refractivity contribution in [2.24, 2.45) is 0 Å². The molecular weight excluding hydrogens is 402 g/mol. The molecule has 0 aromatic heterocycles. The van der Waals surface area contributed by atoms with Crippen LogP contribution in [-0.4, -0.2) is 24.8 Å². The number of thioether (sulfide) groups is 1. The van der Waals surface area contributed by atoms with Crippen molar-refractivity contribution in [3.63, 3.8) is 0 Å². The molecule has 1 heterocycles. The summed E-state index contributed by atoms with van der Waals surface area (Å²) in [6.07, 6.45) is 0.252. The Morgan fingerprint density at radius 3 is 1.97 bits per heavy atom. The third-order valence-corrected chi connectivity index (χ3v) is 8.49. The minimum absolute atomic E-state index is 0.132. The van der Waals surface area contributed by atoms with E-state index in [4.69, 9.17) is 0 Å². The zero-order chi connectivity index (χ0) is 20.3. The smallest absolute Gasteiger partial charge is 0.234 e. The molecule has 4 nitrogen and oxygen atoms in total. The van der Waals surface area contributed by atoms with E-state index in [0.717, 1.165) is 10.5 Å². The Morgan fingerprint density at radius 1 is 0.793 bits per heavy atom. The van der Waals surface area contributed by atoms with E-state index < -0.39 is 26.4 Å². The van der Waals surface area contributed by atoms with Gasteiger partial charge in [0.05, 0.1) is 21.4 Å². The van der Waals surface area contributed by atoms with Crippen LogP contribution in [0.4, 0.5) is 0 Å². The largest absolute Gasteiger partial charge is 0.347 e. The van der Waals surface area contributed by atoms with Crippen LogP contribution in [0.1, 0.15) is 18.0 Å². The molecule has 0 radical (unpaired) electrons. The molecule has 3 atom stereocenters. The number of carbonyl (C=O) groups excluding carboxylic acids is 1. The Bertz CT molecular complexity index is 1070. The van der Waals surface area contributed by atoms with Crippen molar-refractivity contribution in [2.75, 3.05) is 0 Å². The molecule has 0 spiro atoms. The molecule has 6 heteroatoms. The van der Waals surface area contributed by atoms with Gasteiger partial charge in [0.15, 0.2) is 9.84 Å². The van der Waals surface area contributed by atoms with Gasteiger partial charge in [0.25, 0.3) is 0 Å². The molecule has 1 amide bonds. The SMILES string of the molecule is O=C1N[C@H](c2ccccc2)[C@@H](S(=O)(=O)c2ccccc2)C[C@@H]1Sc1ccccc1. The minimum atomic E-state index is -3.64. The van der Waals surface area contributed by atoms with Gasteiger partial charge in [0, 0.05) is 4.90 Å². The van der Waals surface area contributed by atoms with Crippen LogP contribution >= 0.6 is 11.8 Å². The van der Waals surface area contributed by atoms with E-state index in [2.05, 4.69) is 5.32 Å². The molecule has 1 aliphatic heterocycles. The van der Waals surface area contributed by atoms with Crippen molar-refractivity contribution in [1.82, 2.24) is 5.32 Å². The highest BCUT2D eigenvalue weighted by Crippen LogP contribution is 2.38. The molecule has 3 aromatic carbocycles. The lowest BCUT2D eigenvalue weighted by Crippen LogP contribution is -2.51. The summed E-state index contributed by atoms with van der Waals surface area (Å²) < 4.78 is 27.0. The van der Waals surface area contributed by atoms with Crippen LogP contribution in [-0.2, 0) is 14.6 Å². The van der Waals surface area contributed by atoms with Gasteiger partial charge in [-0.15, -0.1) is 11.8 Å². The van der Waals surface area contributed by atoms with Crippen molar-refractivity contribution in [2.45, 2.75) is 32.8 Å². The third kappa shape index (κ3) is 4.23. The Morgan fingerprint density at radius 2 is 1.34 bits per heavy atom. The maximum Gasteiger partial charge on any atom is 0.234 e. The predicted molar refractivity (Wildman–Crippen MR) is 115 cm³/mol. The summed E-state index contributed by atoms with van der Waals surface area (Å²) >= 11 is 1.41. The molecule has 1 aliphatic rings. The first-order chi connectivity index (χ1) is 14.1. The molecule has 3 aromatic rings. The van der Waals surface area contributed by atoms with Gasteiger partial charge in [-0.25, -0.2) is 8.42 Å². The standard InChI is InChI=1S/C23H21NO3S2/c25-23-20(28-18-12-6-2-7-13-18)16-21(22(24-23)17-10-4-1-5-11-17)29(26,27)19-14-8-3-9-15-19/h1-15,20-22H,16H2,(H,24,25)/t20-,21-,22+/m0/s1. The van der Waals surface area contributed by atoms with Crippen molar-refractivity contribution < 1.29 is 13.2 Å². The van der Waals surface area contributed by atoms with E-state index in [0.29, 0.717) is 0 Å². The lowest BCUT2D eigenvalue weighted by atomic mass is 9.96. The molecule has 4 rings (SSSR count). The first-order valence-corrected chi connectivity index (χ1v) is 11.8. The Labute approximate surface area is 175 Å². The van der Waals surface area contributed by atoms with Crippen LogP contribution < -0.4 is 5.32 Å². The summed E-state index contributed by atoms with van der Waals surface area (Å²) in [5.41, 5.74) is 0.800. The van der Waals surface area contributed by atoms with Gasteiger partial charge in [-0.3, -0.25) is 4.79 Å². The fourth-order valence-corrected chi connectivity index (χ4v) is 6.77. The van der Waals surface area contributed by atoms with Gasteiger partial charge in [0.2, 0.25) is 5.91 Å². The zero-order valence-electron chi connectivity index (χ0n) is 15.6. The molecule has 0 unspecified atom stereocenters. The van der Waals surface area contributed by atoms with E-state index in [1.165, 1.54) is 11.8 Å². The summed E-state index contributed by atoms with van der Waals surface area (Å²) in [6.45, 7) is 0. The van der Waals surface area contributed by atoms with Crippen LogP contribution in [0.3, 0.4) is 0 Å². The Kier molecular flexibility index (Phi) is 5.74. The van der Waals surface area contributed by atoms with Gasteiger partial charge in [-0.05, 0) is 36.2 Å². The van der Waals surface area contributed by atoms with Gasteiger partial charge in [0.1, 0.15) is 0 Å². The van der Waals surface area contributed by atoms with Gasteiger partial charge in [-0.2, -0.15) is 0 Å². The maximum atomic E-state index is 13.5. The van der Waals surface area contributed by atoms with Gasteiger partial charge >= 0.3 is 0 Å². The zero-order valence-corrected chi connectivity index (χ0v) is 17.3. The topological polar surface area (TPSA) is 63.2 Å². The van der Waals surface area contributed by atoms with E-state index in [1.54, 1.807) is 30.3 Å². The molecule has 0 bridgehead atoms. The summed E-state index contributed by atoms with van der Waals surface area (Å²) in [6, 6.07) is 26.8. The predicted octanol–water partition coefficient (Wildman–Crippen LogP) is 4.25. The molecule has 29 heavy (non-hydrogen) atoms. The summed E-state index contributed by atoms with van der Waals surface area (Å²) in [5, 5.41) is 1.77. The number of hydrogen-bond donors (Lipinski definition) is 1. The lowest BCUT2D eigenvalue weighted by molar-refractivity contribution is -0.122. The normalized spacial score (nSPS) is 22.1. The van der Waals surface area contributed by atoms with E-state index in [1.807, 2.05) is 60.7 Å².